The van der Waals surface area contributed by atoms with E-state index in [9.17, 15) is 18.8 Å². The molecule has 0 radical (unpaired) electrons. The molecule has 2 amide bonds. The van der Waals surface area contributed by atoms with Crippen molar-refractivity contribution in [3.05, 3.63) is 35.4 Å². The summed E-state index contributed by atoms with van der Waals surface area (Å²) in [6.07, 6.45) is -0.221. The van der Waals surface area contributed by atoms with Crippen LogP contribution in [0.4, 0.5) is 4.39 Å². The highest BCUT2D eigenvalue weighted by molar-refractivity contribution is 5.98. The normalized spacial score (nSPS) is 20.4. The first kappa shape index (κ1) is 18.9. The second kappa shape index (κ2) is 6.82. The Kier molecular flexibility index (Phi) is 5.15. The number of likely N-dealkylation sites (tertiary alicyclic amines) is 1. The number of amides is 2. The Hall–Kier alpha value is -2.44. The summed E-state index contributed by atoms with van der Waals surface area (Å²) in [6, 6.07) is 6.04. The van der Waals surface area contributed by atoms with Gasteiger partial charge in [-0.3, -0.25) is 9.59 Å². The van der Waals surface area contributed by atoms with Crippen LogP contribution in [0.15, 0.2) is 24.3 Å². The molecule has 1 fully saturated rings. The van der Waals surface area contributed by atoms with E-state index in [2.05, 4.69) is 5.32 Å². The van der Waals surface area contributed by atoms with Crippen LogP contribution in [0.5, 0.6) is 0 Å². The Morgan fingerprint density at radius 1 is 1.20 bits per heavy atom. The fraction of sp³-hybridized carbons (Fsp3) is 0.500. The van der Waals surface area contributed by atoms with E-state index < -0.39 is 24.1 Å². The van der Waals surface area contributed by atoms with Crippen molar-refractivity contribution in [2.75, 3.05) is 19.6 Å². The molecule has 25 heavy (non-hydrogen) atoms. The lowest BCUT2D eigenvalue weighted by Crippen LogP contribution is -2.38. The molecule has 2 rings (SSSR count). The van der Waals surface area contributed by atoms with E-state index in [-0.39, 0.29) is 24.3 Å². The van der Waals surface area contributed by atoms with Crippen LogP contribution >= 0.6 is 0 Å². The molecule has 0 aliphatic carbocycles. The summed E-state index contributed by atoms with van der Waals surface area (Å²) in [6.45, 7) is 6.13. The van der Waals surface area contributed by atoms with Gasteiger partial charge in [0.2, 0.25) is 5.67 Å². The molecule has 1 aliphatic heterocycles. The average molecular weight is 350 g/mol. The maximum Gasteiger partial charge on any atom is 0.343 e. The van der Waals surface area contributed by atoms with Gasteiger partial charge in [-0.25, -0.2) is 9.18 Å². The van der Waals surface area contributed by atoms with Gasteiger partial charge in [0, 0.05) is 30.6 Å². The van der Waals surface area contributed by atoms with Crippen LogP contribution in [-0.4, -0.2) is 53.1 Å². The van der Waals surface area contributed by atoms with Gasteiger partial charge in [0.15, 0.2) is 0 Å². The summed E-state index contributed by atoms with van der Waals surface area (Å²) < 4.78 is 14.1. The highest BCUT2D eigenvalue weighted by atomic mass is 19.1. The van der Waals surface area contributed by atoms with Crippen LogP contribution in [-0.2, 0) is 4.79 Å². The number of nitrogens with one attached hydrogen (secondary N) is 1. The number of carboxylic acids is 1. The van der Waals surface area contributed by atoms with Crippen molar-refractivity contribution in [1.82, 2.24) is 10.2 Å². The number of hydrogen-bond acceptors (Lipinski definition) is 3. The molecular weight excluding hydrogens is 327 g/mol. The number of carbonyl (C=O) groups is 3. The van der Waals surface area contributed by atoms with E-state index in [1.165, 1.54) is 29.2 Å². The molecule has 1 aromatic rings. The van der Waals surface area contributed by atoms with Crippen LogP contribution in [0.2, 0.25) is 0 Å². The number of carboxylic acid groups (broad SMARTS) is 1. The lowest BCUT2D eigenvalue weighted by molar-refractivity contribution is -0.149. The summed E-state index contributed by atoms with van der Waals surface area (Å²) in [7, 11) is 0. The van der Waals surface area contributed by atoms with Gasteiger partial charge in [-0.2, -0.15) is 0 Å². The minimum atomic E-state index is -2.39. The van der Waals surface area contributed by atoms with Gasteiger partial charge in [-0.1, -0.05) is 20.8 Å². The number of hydrogen-bond donors (Lipinski definition) is 2. The molecular formula is C18H23FN2O4. The van der Waals surface area contributed by atoms with Gasteiger partial charge in [0.25, 0.3) is 11.8 Å². The lowest BCUT2D eigenvalue weighted by atomic mass is 9.97. The molecule has 0 spiro atoms. The van der Waals surface area contributed by atoms with E-state index in [1.54, 1.807) is 0 Å². The number of aliphatic carboxylic acids is 1. The second-order valence-corrected chi connectivity index (χ2v) is 7.57. The lowest BCUT2D eigenvalue weighted by Gasteiger charge is -2.19. The Balaban J connectivity index is 2.01. The summed E-state index contributed by atoms with van der Waals surface area (Å²) in [5.74, 6) is -2.22. The first-order chi connectivity index (χ1) is 11.5. The molecule has 1 aromatic carbocycles. The second-order valence-electron chi connectivity index (χ2n) is 7.57. The highest BCUT2D eigenvalue weighted by Crippen LogP contribution is 2.27. The number of halogens is 1. The van der Waals surface area contributed by atoms with E-state index in [1.807, 2.05) is 20.8 Å². The van der Waals surface area contributed by atoms with Crippen LogP contribution in [0.25, 0.3) is 0 Å². The zero-order chi connectivity index (χ0) is 18.8. The molecule has 0 aromatic heterocycles. The van der Waals surface area contributed by atoms with Gasteiger partial charge < -0.3 is 15.3 Å². The topological polar surface area (TPSA) is 86.7 Å². The predicted octanol–water partition coefficient (Wildman–Crippen LogP) is 2.10. The number of benzene rings is 1. The zero-order valence-electron chi connectivity index (χ0n) is 14.6. The van der Waals surface area contributed by atoms with Crippen molar-refractivity contribution in [2.45, 2.75) is 32.9 Å². The van der Waals surface area contributed by atoms with Gasteiger partial charge in [-0.15, -0.1) is 0 Å². The summed E-state index contributed by atoms with van der Waals surface area (Å²) >= 11 is 0. The Morgan fingerprint density at radius 3 is 2.24 bits per heavy atom. The minimum absolute atomic E-state index is 0.0374. The molecule has 0 bridgehead atoms. The van der Waals surface area contributed by atoms with E-state index in [4.69, 9.17) is 5.11 Å². The van der Waals surface area contributed by atoms with E-state index in [0.717, 1.165) is 0 Å². The minimum Gasteiger partial charge on any atom is -0.479 e. The molecule has 1 saturated heterocycles. The van der Waals surface area contributed by atoms with Crippen LogP contribution < -0.4 is 5.32 Å². The molecule has 0 saturated carbocycles. The third kappa shape index (κ3) is 4.55. The molecule has 1 heterocycles. The Bertz CT molecular complexity index is 681. The quantitative estimate of drug-likeness (QED) is 0.871. The standard InChI is InChI=1S/C18H23FN2O4/c1-17(2,3)10-20-14(22)12-4-6-13(7-5-12)15(23)21-9-8-18(19,11-21)16(24)25/h4-7H,8-11H2,1-3H3,(H,20,22)(H,24,25). The molecule has 1 aliphatic rings. The maximum atomic E-state index is 14.1. The number of rotatable bonds is 4. The van der Waals surface area contributed by atoms with Crippen molar-refractivity contribution in [3.63, 3.8) is 0 Å². The van der Waals surface area contributed by atoms with Crippen molar-refractivity contribution >= 4 is 17.8 Å². The van der Waals surface area contributed by atoms with Crippen LogP contribution in [0.1, 0.15) is 47.9 Å². The zero-order valence-corrected chi connectivity index (χ0v) is 14.6. The average Bonchev–Trinajstić information content (AvgIpc) is 2.95. The molecule has 1 unspecified atom stereocenters. The number of alkyl halides is 1. The van der Waals surface area contributed by atoms with Crippen molar-refractivity contribution < 1.29 is 23.9 Å². The van der Waals surface area contributed by atoms with Gasteiger partial charge >= 0.3 is 5.97 Å². The van der Waals surface area contributed by atoms with Crippen LogP contribution in [0, 0.1) is 5.41 Å². The fourth-order valence-electron chi connectivity index (χ4n) is 2.51. The highest BCUT2D eigenvalue weighted by Gasteiger charge is 2.46. The van der Waals surface area contributed by atoms with E-state index in [0.29, 0.717) is 17.7 Å². The van der Waals surface area contributed by atoms with Crippen molar-refractivity contribution in [2.24, 2.45) is 5.41 Å². The molecule has 136 valence electrons. The fourth-order valence-corrected chi connectivity index (χ4v) is 2.51. The van der Waals surface area contributed by atoms with Crippen molar-refractivity contribution in [1.29, 1.82) is 0 Å². The summed E-state index contributed by atoms with van der Waals surface area (Å²) in [5.41, 5.74) is -1.71. The molecule has 7 heteroatoms. The first-order valence-electron chi connectivity index (χ1n) is 8.12. The maximum absolute atomic E-state index is 14.1. The number of nitrogens with zero attached hydrogens (tertiary/aromatic N) is 1. The largest absolute Gasteiger partial charge is 0.479 e. The summed E-state index contributed by atoms with van der Waals surface area (Å²) in [5, 5.41) is 11.7. The third-order valence-corrected chi connectivity index (χ3v) is 4.06. The predicted molar refractivity (Wildman–Crippen MR) is 90.2 cm³/mol. The first-order valence-corrected chi connectivity index (χ1v) is 8.12. The van der Waals surface area contributed by atoms with Gasteiger partial charge in [-0.05, 0) is 29.7 Å². The Morgan fingerprint density at radius 2 is 1.76 bits per heavy atom. The van der Waals surface area contributed by atoms with Gasteiger partial charge in [0.1, 0.15) is 0 Å². The van der Waals surface area contributed by atoms with E-state index >= 15 is 0 Å². The molecule has 6 nitrogen and oxygen atoms in total. The third-order valence-electron chi connectivity index (χ3n) is 4.06. The molecule has 2 N–H and O–H groups in total. The van der Waals surface area contributed by atoms with Crippen molar-refractivity contribution in [3.8, 4) is 0 Å². The summed E-state index contributed by atoms with van der Waals surface area (Å²) in [4.78, 5) is 36.5. The molecule has 1 atom stereocenters. The monoisotopic (exact) mass is 350 g/mol. The number of carbonyl (C=O) groups excluding carboxylic acids is 2. The SMILES string of the molecule is CC(C)(C)CNC(=O)c1ccc(C(=O)N2CCC(F)(C(=O)O)C2)cc1. The van der Waals surface area contributed by atoms with Crippen LogP contribution in [0.3, 0.4) is 0 Å². The van der Waals surface area contributed by atoms with Gasteiger partial charge in [0.05, 0.1) is 6.54 Å². The Labute approximate surface area is 146 Å². The smallest absolute Gasteiger partial charge is 0.343 e.